The SMILES string of the molecule is COC(=O)C[C@@H](C[C@H](C)O[Si](C)(C)C(C)(C)C)OC(=O)[C@](OC)(c1ccccc1)C(F)(F)F. The van der Waals surface area contributed by atoms with E-state index in [0.29, 0.717) is 0 Å². The van der Waals surface area contributed by atoms with Gasteiger partial charge in [-0.3, -0.25) is 4.79 Å². The molecule has 10 heteroatoms. The molecule has 0 fully saturated rings. The monoisotopic (exact) mass is 492 g/mol. The van der Waals surface area contributed by atoms with E-state index in [1.807, 2.05) is 33.9 Å². The van der Waals surface area contributed by atoms with E-state index < -0.39 is 56.2 Å². The van der Waals surface area contributed by atoms with E-state index >= 15 is 0 Å². The Balaban J connectivity index is 3.25. The molecule has 0 aromatic heterocycles. The van der Waals surface area contributed by atoms with Gasteiger partial charge in [-0.15, -0.1) is 0 Å². The van der Waals surface area contributed by atoms with Gasteiger partial charge in [0.05, 0.1) is 13.5 Å². The highest BCUT2D eigenvalue weighted by Crippen LogP contribution is 2.43. The Morgan fingerprint density at radius 3 is 2.00 bits per heavy atom. The van der Waals surface area contributed by atoms with Crippen LogP contribution in [-0.2, 0) is 33.8 Å². The van der Waals surface area contributed by atoms with Crippen LogP contribution in [0.25, 0.3) is 0 Å². The Labute approximate surface area is 194 Å². The maximum Gasteiger partial charge on any atom is 0.432 e. The number of methoxy groups -OCH3 is 2. The van der Waals surface area contributed by atoms with Gasteiger partial charge in [0.25, 0.3) is 5.60 Å². The van der Waals surface area contributed by atoms with Crippen LogP contribution in [0.2, 0.25) is 18.1 Å². The Morgan fingerprint density at radius 1 is 1.03 bits per heavy atom. The molecule has 0 bridgehead atoms. The van der Waals surface area contributed by atoms with Crippen molar-refractivity contribution in [1.29, 1.82) is 0 Å². The van der Waals surface area contributed by atoms with Crippen LogP contribution < -0.4 is 0 Å². The van der Waals surface area contributed by atoms with Gasteiger partial charge in [-0.05, 0) is 25.1 Å². The van der Waals surface area contributed by atoms with E-state index in [4.69, 9.17) is 13.9 Å². The summed E-state index contributed by atoms with van der Waals surface area (Å²) in [5, 5.41) is -0.107. The molecule has 6 nitrogen and oxygen atoms in total. The predicted octanol–water partition coefficient (Wildman–Crippen LogP) is 5.37. The molecular formula is C23H35F3O6Si. The lowest BCUT2D eigenvalue weighted by Gasteiger charge is -2.39. The van der Waals surface area contributed by atoms with E-state index in [0.717, 1.165) is 26.4 Å². The second-order valence-corrected chi connectivity index (χ2v) is 14.2. The van der Waals surface area contributed by atoms with Gasteiger partial charge in [-0.1, -0.05) is 51.1 Å². The van der Waals surface area contributed by atoms with Gasteiger partial charge in [0.1, 0.15) is 6.10 Å². The molecule has 0 aliphatic carbocycles. The topological polar surface area (TPSA) is 71.1 Å². The molecule has 0 saturated carbocycles. The molecule has 3 atom stereocenters. The van der Waals surface area contributed by atoms with Crippen LogP contribution in [-0.4, -0.2) is 52.9 Å². The third-order valence-electron chi connectivity index (χ3n) is 5.97. The summed E-state index contributed by atoms with van der Waals surface area (Å²) in [6.45, 7) is 11.9. The van der Waals surface area contributed by atoms with Crippen LogP contribution in [0.1, 0.15) is 46.1 Å². The van der Waals surface area contributed by atoms with Crippen LogP contribution >= 0.6 is 0 Å². The van der Waals surface area contributed by atoms with Crippen molar-refractivity contribution in [2.45, 2.75) is 82.7 Å². The molecule has 0 radical (unpaired) electrons. The molecule has 0 spiro atoms. The van der Waals surface area contributed by atoms with E-state index in [2.05, 4.69) is 4.74 Å². The summed E-state index contributed by atoms with van der Waals surface area (Å²) >= 11 is 0. The average Bonchev–Trinajstić information content (AvgIpc) is 2.67. The van der Waals surface area contributed by atoms with Gasteiger partial charge >= 0.3 is 18.1 Å². The van der Waals surface area contributed by atoms with Crippen LogP contribution in [0.5, 0.6) is 0 Å². The number of alkyl halides is 3. The fraction of sp³-hybridized carbons (Fsp3) is 0.652. The Morgan fingerprint density at radius 2 is 1.58 bits per heavy atom. The zero-order valence-electron chi connectivity index (χ0n) is 20.5. The first kappa shape index (κ1) is 29.1. The Kier molecular flexibility index (Phi) is 9.71. The number of halogens is 3. The van der Waals surface area contributed by atoms with Crippen molar-refractivity contribution < 1.29 is 41.4 Å². The summed E-state index contributed by atoms with van der Waals surface area (Å²) < 4.78 is 63.4. The van der Waals surface area contributed by atoms with Gasteiger partial charge in [-0.25, -0.2) is 4.79 Å². The number of benzene rings is 1. The first-order chi connectivity index (χ1) is 15.0. The second-order valence-electron chi connectivity index (χ2n) is 9.48. The van der Waals surface area contributed by atoms with E-state index in [1.54, 1.807) is 6.92 Å². The third kappa shape index (κ3) is 7.03. The van der Waals surface area contributed by atoms with Crippen molar-refractivity contribution in [3.05, 3.63) is 35.9 Å². The minimum absolute atomic E-state index is 0.0137. The molecule has 0 aliphatic rings. The molecule has 1 rings (SSSR count). The smallest absolute Gasteiger partial charge is 0.432 e. The van der Waals surface area contributed by atoms with Crippen LogP contribution in [0, 0.1) is 0 Å². The second kappa shape index (κ2) is 11.0. The van der Waals surface area contributed by atoms with Gasteiger partial charge in [0, 0.05) is 25.2 Å². The van der Waals surface area contributed by atoms with Crippen LogP contribution in [0.3, 0.4) is 0 Å². The molecule has 0 N–H and O–H groups in total. The molecule has 0 aliphatic heterocycles. The van der Waals surface area contributed by atoms with E-state index in [-0.39, 0.29) is 11.5 Å². The van der Waals surface area contributed by atoms with Gasteiger partial charge in [0.15, 0.2) is 8.32 Å². The van der Waals surface area contributed by atoms with Crippen molar-refractivity contribution in [2.75, 3.05) is 14.2 Å². The summed E-state index contributed by atoms with van der Waals surface area (Å²) in [6.07, 6.45) is -7.20. The fourth-order valence-corrected chi connectivity index (χ4v) is 4.62. The number of rotatable bonds is 10. The third-order valence-corrected chi connectivity index (χ3v) is 10.6. The Bertz CT molecular complexity index is 792. The van der Waals surface area contributed by atoms with Crippen LogP contribution in [0.15, 0.2) is 30.3 Å². The molecule has 1 aromatic rings. The largest absolute Gasteiger partial charge is 0.469 e. The first-order valence-electron chi connectivity index (χ1n) is 10.6. The number of hydrogen-bond acceptors (Lipinski definition) is 6. The number of hydrogen-bond donors (Lipinski definition) is 0. The van der Waals surface area contributed by atoms with E-state index in [1.165, 1.54) is 18.2 Å². The standard InChI is InChI=1S/C23H35F3O6Si/c1-16(32-33(7,8)21(2,3)4)14-18(15-19(27)29-5)31-20(28)22(30-6,23(24,25)26)17-12-10-9-11-13-17/h9-13,16,18H,14-15H2,1-8H3/t16-,18+,22+/m0/s1. The average molecular weight is 493 g/mol. The molecule has 0 heterocycles. The number of carbonyl (C=O) groups is 2. The Hall–Kier alpha value is -1.91. The lowest BCUT2D eigenvalue weighted by atomic mass is 9.92. The summed E-state index contributed by atoms with van der Waals surface area (Å²) in [4.78, 5) is 24.9. The highest BCUT2D eigenvalue weighted by Gasteiger charge is 2.64. The van der Waals surface area contributed by atoms with Gasteiger partial charge < -0.3 is 18.6 Å². The predicted molar refractivity (Wildman–Crippen MR) is 120 cm³/mol. The number of ether oxygens (including phenoxy) is 3. The fourth-order valence-electron chi connectivity index (χ4n) is 3.16. The summed E-state index contributed by atoms with van der Waals surface area (Å²) in [5.74, 6) is -2.38. The number of esters is 2. The zero-order chi connectivity index (χ0) is 25.7. The summed E-state index contributed by atoms with van der Waals surface area (Å²) in [5.41, 5.74) is -3.76. The lowest BCUT2D eigenvalue weighted by molar-refractivity contribution is -0.278. The van der Waals surface area contributed by atoms with Gasteiger partial charge in [-0.2, -0.15) is 13.2 Å². The quantitative estimate of drug-likeness (QED) is 0.323. The maximum absolute atomic E-state index is 14.2. The van der Waals surface area contributed by atoms with Gasteiger partial charge in [0.2, 0.25) is 0 Å². The van der Waals surface area contributed by atoms with Crippen molar-refractivity contribution >= 4 is 20.3 Å². The van der Waals surface area contributed by atoms with Crippen molar-refractivity contribution in [3.63, 3.8) is 0 Å². The molecule has 188 valence electrons. The zero-order valence-corrected chi connectivity index (χ0v) is 21.5. The molecule has 33 heavy (non-hydrogen) atoms. The van der Waals surface area contributed by atoms with Crippen LogP contribution in [0.4, 0.5) is 13.2 Å². The highest BCUT2D eigenvalue weighted by molar-refractivity contribution is 6.74. The van der Waals surface area contributed by atoms with Crippen molar-refractivity contribution in [3.8, 4) is 0 Å². The molecule has 0 unspecified atom stereocenters. The molecule has 0 saturated heterocycles. The minimum Gasteiger partial charge on any atom is -0.469 e. The minimum atomic E-state index is -5.11. The highest BCUT2D eigenvalue weighted by atomic mass is 28.4. The summed E-state index contributed by atoms with van der Waals surface area (Å²) in [6, 6.07) is 6.52. The van der Waals surface area contributed by atoms with Crippen molar-refractivity contribution in [1.82, 2.24) is 0 Å². The normalized spacial score (nSPS) is 16.5. The maximum atomic E-state index is 14.2. The van der Waals surface area contributed by atoms with Crippen molar-refractivity contribution in [2.24, 2.45) is 0 Å². The molecule has 1 aromatic carbocycles. The van der Waals surface area contributed by atoms with E-state index in [9.17, 15) is 22.8 Å². The molecular weight excluding hydrogens is 457 g/mol. The number of carbonyl (C=O) groups excluding carboxylic acids is 2. The first-order valence-corrected chi connectivity index (χ1v) is 13.6. The summed E-state index contributed by atoms with van der Waals surface area (Å²) in [7, 11) is -0.270. The molecule has 0 amide bonds. The lowest BCUT2D eigenvalue weighted by Crippen LogP contribution is -2.53.